The van der Waals surface area contributed by atoms with Gasteiger partial charge in [0.15, 0.2) is 16.1 Å². The molecule has 3 heterocycles. The van der Waals surface area contributed by atoms with Crippen LogP contribution in [-0.4, -0.2) is 40.1 Å². The molecule has 0 spiro atoms. The molecule has 0 radical (unpaired) electrons. The molecule has 0 N–H and O–H groups in total. The molecule has 13 aromatic rings. The first-order valence-corrected chi connectivity index (χ1v) is 28.5. The van der Waals surface area contributed by atoms with Gasteiger partial charge in [0, 0.05) is 11.1 Å². The van der Waals surface area contributed by atoms with Crippen LogP contribution in [0.2, 0.25) is 0 Å². The molecule has 0 amide bonds. The fourth-order valence-electron chi connectivity index (χ4n) is 11.3. The number of nitrogens with zero attached hydrogens (tertiary/aromatic N) is 5. The van der Waals surface area contributed by atoms with E-state index in [0.29, 0.717) is 5.95 Å². The molecule has 0 saturated carbocycles. The van der Waals surface area contributed by atoms with E-state index >= 15 is 0 Å². The van der Waals surface area contributed by atoms with Crippen LogP contribution in [0, 0.1) is 0 Å². The first-order valence-electron chi connectivity index (χ1n) is 24.5. The fraction of sp³-hybridized carbons (Fsp3) is 0. The monoisotopic (exact) mass is 953 g/mol. The van der Waals surface area contributed by atoms with Gasteiger partial charge in [0.05, 0.1) is 33.5 Å². The number of fused-ring (bicyclic) bond motifs is 5. The van der Waals surface area contributed by atoms with Crippen LogP contribution in [0.15, 0.2) is 285 Å². The third-order valence-corrected chi connectivity index (χ3v) is 24.0. The average Bonchev–Trinajstić information content (AvgIpc) is 4.00. The summed E-state index contributed by atoms with van der Waals surface area (Å²) in [4.78, 5) is 16.5. The molecule has 0 bridgehead atoms. The normalized spacial score (nSPS) is 11.9. The Balaban J connectivity index is 1.05. The van der Waals surface area contributed by atoms with Crippen LogP contribution >= 0.6 is 0 Å². The molecule has 0 aliphatic rings. The van der Waals surface area contributed by atoms with Crippen molar-refractivity contribution in [2.45, 2.75) is 0 Å². The molecule has 10 aromatic carbocycles. The van der Waals surface area contributed by atoms with Crippen molar-refractivity contribution >= 4 is 85.5 Å². The molecule has 72 heavy (non-hydrogen) atoms. The topological polar surface area (TPSA) is 48.0 Å². The molecule has 0 fully saturated rings. The Labute approximate surface area is 420 Å². The third-order valence-electron chi connectivity index (χ3n) is 14.4. The number of aromatic nitrogens is 5. The van der Waals surface area contributed by atoms with Crippen molar-refractivity contribution in [3.8, 4) is 28.5 Å². The highest BCUT2D eigenvalue weighted by Crippen LogP contribution is 2.31. The molecule has 3 aromatic heterocycles. The molecule has 0 aliphatic carbocycles. The summed E-state index contributed by atoms with van der Waals surface area (Å²) in [5, 5.41) is 10.5. The van der Waals surface area contributed by atoms with Gasteiger partial charge in [-0.15, -0.1) is 0 Å². The second-order valence-electron chi connectivity index (χ2n) is 18.4. The van der Waals surface area contributed by atoms with E-state index in [4.69, 9.17) is 15.0 Å². The van der Waals surface area contributed by atoms with Crippen LogP contribution in [0.25, 0.3) is 56.3 Å². The SMILES string of the molecule is c1ccc(-c2cc(-c3cccc([Si](c4ccccc4)(c4ccccc4)c4ccccc4)c3)nc(-n3c4ccccc4n4c5cc([Si](c6ccccc6)(c6ccccc6)c6ccccc6)ccc5nc34)n2)cc1. The number of para-hydroxylation sites is 2. The van der Waals surface area contributed by atoms with E-state index in [2.05, 4.69) is 294 Å². The first-order chi connectivity index (χ1) is 35.7. The maximum Gasteiger partial charge on any atom is 0.238 e. The van der Waals surface area contributed by atoms with Crippen LogP contribution in [-0.2, 0) is 0 Å². The van der Waals surface area contributed by atoms with Crippen molar-refractivity contribution in [3.05, 3.63) is 285 Å². The van der Waals surface area contributed by atoms with Crippen LogP contribution in [0.3, 0.4) is 0 Å². The zero-order valence-corrected chi connectivity index (χ0v) is 41.4. The van der Waals surface area contributed by atoms with Gasteiger partial charge in [-0.05, 0) is 71.8 Å². The summed E-state index contributed by atoms with van der Waals surface area (Å²) < 4.78 is 4.47. The molecule has 7 heteroatoms. The summed E-state index contributed by atoms with van der Waals surface area (Å²) in [7, 11) is -5.69. The van der Waals surface area contributed by atoms with Crippen molar-refractivity contribution in [3.63, 3.8) is 0 Å². The number of hydrogen-bond donors (Lipinski definition) is 0. The van der Waals surface area contributed by atoms with Crippen molar-refractivity contribution in [1.29, 1.82) is 0 Å². The Kier molecular flexibility index (Phi) is 10.8. The largest absolute Gasteiger partial charge is 0.276 e. The summed E-state index contributed by atoms with van der Waals surface area (Å²) in [5.41, 5.74) is 7.62. The van der Waals surface area contributed by atoms with Crippen LogP contribution in [0.5, 0.6) is 0 Å². The highest BCUT2D eigenvalue weighted by molar-refractivity contribution is 7.20. The van der Waals surface area contributed by atoms with Crippen molar-refractivity contribution in [2.75, 3.05) is 0 Å². The second-order valence-corrected chi connectivity index (χ2v) is 26.0. The summed E-state index contributed by atoms with van der Waals surface area (Å²) in [5.74, 6) is 1.31. The van der Waals surface area contributed by atoms with Gasteiger partial charge in [-0.25, -0.2) is 19.5 Å². The van der Waals surface area contributed by atoms with Crippen molar-refractivity contribution in [2.24, 2.45) is 0 Å². The van der Waals surface area contributed by atoms with Gasteiger partial charge < -0.3 is 0 Å². The number of imidazole rings is 2. The van der Waals surface area contributed by atoms with E-state index in [0.717, 1.165) is 50.4 Å². The molecule has 13 rings (SSSR count). The lowest BCUT2D eigenvalue weighted by Gasteiger charge is -2.34. The predicted octanol–water partition coefficient (Wildman–Crippen LogP) is 9.31. The second kappa shape index (κ2) is 18.1. The summed E-state index contributed by atoms with van der Waals surface area (Å²) in [6.07, 6.45) is 0. The lowest BCUT2D eigenvalue weighted by molar-refractivity contribution is 0.972. The first kappa shape index (κ1) is 43.0. The molecule has 0 saturated heterocycles. The molecule has 0 aliphatic heterocycles. The van der Waals surface area contributed by atoms with Crippen LogP contribution in [0.4, 0.5) is 0 Å². The van der Waals surface area contributed by atoms with Gasteiger partial charge >= 0.3 is 0 Å². The standard InChI is InChI=1S/C65H47N5Si2/c1-8-25-48(26-9-1)59-47-60(49-27-24-40-56(45-49)71(50-28-10-2-11-29-50,51-30-12-3-13-31-51)52-32-14-4-15-33-52)67-64(66-59)70-62-42-23-22-41-61(62)69-63-46-57(43-44-58(63)68-65(69)70)72(53-34-16-5-17-35-53,54-36-18-6-19-37-54)55-38-20-7-21-39-55/h1-47H. The van der Waals surface area contributed by atoms with Gasteiger partial charge in [0.2, 0.25) is 11.7 Å². The Bertz CT molecular complexity index is 3820. The average molecular weight is 954 g/mol. The maximum absolute atomic E-state index is 5.58. The van der Waals surface area contributed by atoms with E-state index in [1.807, 2.05) is 0 Å². The van der Waals surface area contributed by atoms with E-state index in [-0.39, 0.29) is 0 Å². The molecule has 5 nitrogen and oxygen atoms in total. The number of hydrogen-bond acceptors (Lipinski definition) is 3. The summed E-state index contributed by atoms with van der Waals surface area (Å²) in [6, 6.07) is 104. The van der Waals surface area contributed by atoms with Crippen LogP contribution in [0.1, 0.15) is 0 Å². The van der Waals surface area contributed by atoms with Gasteiger partial charge in [-0.2, -0.15) is 0 Å². The number of rotatable bonds is 11. The van der Waals surface area contributed by atoms with Gasteiger partial charge in [-0.1, -0.05) is 255 Å². The zero-order valence-electron chi connectivity index (χ0n) is 39.4. The Morgan fingerprint density at radius 2 is 0.639 bits per heavy atom. The maximum atomic E-state index is 5.58. The lowest BCUT2D eigenvalue weighted by atomic mass is 10.1. The lowest BCUT2D eigenvalue weighted by Crippen LogP contribution is -2.74. The van der Waals surface area contributed by atoms with E-state index in [1.165, 1.54) is 41.5 Å². The number of benzene rings is 10. The van der Waals surface area contributed by atoms with E-state index in [9.17, 15) is 0 Å². The Morgan fingerprint density at radius 3 is 1.11 bits per heavy atom. The molecular weight excluding hydrogens is 907 g/mol. The summed E-state index contributed by atoms with van der Waals surface area (Å²) >= 11 is 0. The predicted molar refractivity (Wildman–Crippen MR) is 303 cm³/mol. The van der Waals surface area contributed by atoms with Gasteiger partial charge in [0.25, 0.3) is 0 Å². The van der Waals surface area contributed by atoms with Gasteiger partial charge in [0.1, 0.15) is 0 Å². The summed E-state index contributed by atoms with van der Waals surface area (Å²) in [6.45, 7) is 0. The molecule has 0 unspecified atom stereocenters. The van der Waals surface area contributed by atoms with Crippen molar-refractivity contribution < 1.29 is 0 Å². The minimum Gasteiger partial charge on any atom is -0.276 e. The third kappa shape index (κ3) is 7.01. The Hall–Kier alpha value is -9.02. The molecule has 0 atom stereocenters. The smallest absolute Gasteiger partial charge is 0.238 e. The van der Waals surface area contributed by atoms with Crippen molar-refractivity contribution in [1.82, 2.24) is 23.9 Å². The zero-order chi connectivity index (χ0) is 47.9. The molecule has 340 valence electrons. The fourth-order valence-corrected chi connectivity index (χ4v) is 20.9. The minimum absolute atomic E-state index is 0.553. The van der Waals surface area contributed by atoms with Crippen LogP contribution < -0.4 is 41.5 Å². The highest BCUT2D eigenvalue weighted by Gasteiger charge is 2.43. The van der Waals surface area contributed by atoms with E-state index < -0.39 is 16.1 Å². The van der Waals surface area contributed by atoms with E-state index in [1.54, 1.807) is 0 Å². The highest BCUT2D eigenvalue weighted by atomic mass is 28.3. The molecular formula is C65H47N5Si2. The quantitative estimate of drug-likeness (QED) is 0.0961. The minimum atomic E-state index is -2.85. The van der Waals surface area contributed by atoms with Gasteiger partial charge in [-0.3, -0.25) is 4.40 Å². The Morgan fingerprint density at radius 1 is 0.264 bits per heavy atom.